The molecular weight excluding hydrogens is 270 g/mol. The Balaban J connectivity index is 2.91. The zero-order valence-corrected chi connectivity index (χ0v) is 13.2. The molecular formula is C16H23NO4. The fraction of sp³-hybridized carbons (Fsp3) is 0.500. The van der Waals surface area contributed by atoms with Crippen LogP contribution in [0.15, 0.2) is 24.3 Å². The summed E-state index contributed by atoms with van der Waals surface area (Å²) in [6.07, 6.45) is 0. The molecule has 0 bridgehead atoms. The first-order valence-corrected chi connectivity index (χ1v) is 6.75. The number of carboxylic acids is 1. The van der Waals surface area contributed by atoms with Crippen molar-refractivity contribution >= 4 is 11.9 Å². The number of aliphatic carboxylic acids is 1. The van der Waals surface area contributed by atoms with E-state index in [-0.39, 0.29) is 12.0 Å². The molecule has 5 nitrogen and oxygen atoms in total. The lowest BCUT2D eigenvalue weighted by molar-refractivity contribution is -0.145. The summed E-state index contributed by atoms with van der Waals surface area (Å²) in [5.41, 5.74) is 0.0818. The van der Waals surface area contributed by atoms with Crippen LogP contribution in [-0.2, 0) is 14.9 Å². The Morgan fingerprint density at radius 2 is 1.67 bits per heavy atom. The quantitative estimate of drug-likeness (QED) is 0.872. The van der Waals surface area contributed by atoms with Crippen molar-refractivity contribution in [1.29, 1.82) is 0 Å². The van der Waals surface area contributed by atoms with Crippen molar-refractivity contribution in [2.75, 3.05) is 13.7 Å². The van der Waals surface area contributed by atoms with Gasteiger partial charge in [-0.2, -0.15) is 0 Å². The van der Waals surface area contributed by atoms with Gasteiger partial charge in [0.25, 0.3) is 5.91 Å². The summed E-state index contributed by atoms with van der Waals surface area (Å²) in [5, 5.41) is 11.7. The van der Waals surface area contributed by atoms with Gasteiger partial charge in [0, 0.05) is 12.7 Å². The molecule has 0 aromatic heterocycles. The van der Waals surface area contributed by atoms with Crippen LogP contribution in [0.5, 0.6) is 0 Å². The summed E-state index contributed by atoms with van der Waals surface area (Å²) < 4.78 is 4.87. The van der Waals surface area contributed by atoms with Gasteiger partial charge in [0.15, 0.2) is 5.54 Å². The normalized spacial score (nSPS) is 14.3. The highest BCUT2D eigenvalue weighted by atomic mass is 16.5. The van der Waals surface area contributed by atoms with Crippen LogP contribution in [0.3, 0.4) is 0 Å². The smallest absolute Gasteiger partial charge is 0.331 e. The van der Waals surface area contributed by atoms with Crippen molar-refractivity contribution in [3.63, 3.8) is 0 Å². The van der Waals surface area contributed by atoms with Crippen LogP contribution >= 0.6 is 0 Å². The van der Waals surface area contributed by atoms with Crippen molar-refractivity contribution in [3.8, 4) is 0 Å². The molecule has 1 rings (SSSR count). The number of rotatable bonds is 5. The molecule has 5 heteroatoms. The molecule has 0 aliphatic heterocycles. The molecule has 0 saturated heterocycles. The molecule has 116 valence electrons. The lowest BCUT2D eigenvalue weighted by Gasteiger charge is -2.25. The molecule has 0 aliphatic carbocycles. The van der Waals surface area contributed by atoms with E-state index in [0.29, 0.717) is 5.56 Å². The molecule has 1 aromatic carbocycles. The Morgan fingerprint density at radius 3 is 2.05 bits per heavy atom. The minimum atomic E-state index is -1.45. The van der Waals surface area contributed by atoms with E-state index >= 15 is 0 Å². The summed E-state index contributed by atoms with van der Waals surface area (Å²) in [6.45, 7) is 7.57. The van der Waals surface area contributed by atoms with E-state index in [1.165, 1.54) is 14.0 Å². The number of hydrogen-bond acceptors (Lipinski definition) is 3. The van der Waals surface area contributed by atoms with Gasteiger partial charge in [-0.1, -0.05) is 32.9 Å². The highest BCUT2D eigenvalue weighted by Crippen LogP contribution is 2.22. The third-order valence-corrected chi connectivity index (χ3v) is 3.31. The van der Waals surface area contributed by atoms with Crippen LogP contribution in [-0.4, -0.2) is 36.2 Å². The van der Waals surface area contributed by atoms with Crippen LogP contribution < -0.4 is 5.32 Å². The van der Waals surface area contributed by atoms with E-state index in [0.717, 1.165) is 5.56 Å². The number of amides is 1. The van der Waals surface area contributed by atoms with Crippen molar-refractivity contribution in [2.24, 2.45) is 0 Å². The Labute approximate surface area is 125 Å². The number of carbonyl (C=O) groups is 2. The molecule has 2 N–H and O–H groups in total. The molecule has 0 radical (unpaired) electrons. The van der Waals surface area contributed by atoms with Gasteiger partial charge >= 0.3 is 5.97 Å². The summed E-state index contributed by atoms with van der Waals surface area (Å²) in [6, 6.07) is 7.16. The number of hydrogen-bond donors (Lipinski definition) is 2. The zero-order valence-electron chi connectivity index (χ0n) is 13.2. The topological polar surface area (TPSA) is 75.6 Å². The minimum Gasteiger partial charge on any atom is -0.479 e. The average Bonchev–Trinajstić information content (AvgIpc) is 2.37. The van der Waals surface area contributed by atoms with Gasteiger partial charge in [0.2, 0.25) is 0 Å². The van der Waals surface area contributed by atoms with E-state index in [1.54, 1.807) is 12.1 Å². The number of benzene rings is 1. The van der Waals surface area contributed by atoms with Gasteiger partial charge in [-0.3, -0.25) is 4.79 Å². The standard InChI is InChI=1S/C16H23NO4/c1-15(2,3)12-8-6-11(7-9-12)13(18)17-16(4,10-21-5)14(19)20/h6-9H,10H2,1-5H3,(H,17,18)(H,19,20). The first kappa shape index (κ1) is 17.2. The fourth-order valence-electron chi connectivity index (χ4n) is 1.88. The molecule has 21 heavy (non-hydrogen) atoms. The van der Waals surface area contributed by atoms with Crippen molar-refractivity contribution in [2.45, 2.75) is 38.6 Å². The van der Waals surface area contributed by atoms with Gasteiger partial charge in [-0.25, -0.2) is 4.79 Å². The molecule has 1 atom stereocenters. The van der Waals surface area contributed by atoms with E-state index in [1.807, 2.05) is 12.1 Å². The average molecular weight is 293 g/mol. The molecule has 1 aromatic rings. The van der Waals surface area contributed by atoms with Gasteiger partial charge in [0.1, 0.15) is 0 Å². The molecule has 0 heterocycles. The zero-order chi connectivity index (χ0) is 16.3. The number of carbonyl (C=O) groups excluding carboxylic acids is 1. The van der Waals surface area contributed by atoms with Crippen LogP contribution in [0.25, 0.3) is 0 Å². The third-order valence-electron chi connectivity index (χ3n) is 3.31. The maximum absolute atomic E-state index is 12.2. The number of ether oxygens (including phenoxy) is 1. The van der Waals surface area contributed by atoms with Gasteiger partial charge in [-0.15, -0.1) is 0 Å². The summed E-state index contributed by atoms with van der Waals surface area (Å²) in [5.74, 6) is -1.57. The van der Waals surface area contributed by atoms with Crippen molar-refractivity contribution < 1.29 is 19.4 Å². The molecule has 1 unspecified atom stereocenters. The Bertz CT molecular complexity index is 516. The van der Waals surface area contributed by atoms with Crippen LogP contribution in [0.2, 0.25) is 0 Å². The van der Waals surface area contributed by atoms with Crippen LogP contribution in [0, 0.1) is 0 Å². The number of carboxylic acid groups (broad SMARTS) is 1. The van der Waals surface area contributed by atoms with E-state index in [9.17, 15) is 14.7 Å². The predicted molar refractivity (Wildman–Crippen MR) is 80.5 cm³/mol. The van der Waals surface area contributed by atoms with Crippen LogP contribution in [0.4, 0.5) is 0 Å². The van der Waals surface area contributed by atoms with Crippen molar-refractivity contribution in [3.05, 3.63) is 35.4 Å². The van der Waals surface area contributed by atoms with Gasteiger partial charge in [-0.05, 0) is 30.0 Å². The monoisotopic (exact) mass is 293 g/mol. The summed E-state index contributed by atoms with van der Waals surface area (Å²) in [4.78, 5) is 23.4. The van der Waals surface area contributed by atoms with Gasteiger partial charge in [0.05, 0.1) is 6.61 Å². The Hall–Kier alpha value is -1.88. The molecule has 0 fully saturated rings. The SMILES string of the molecule is COCC(C)(NC(=O)c1ccc(C(C)(C)C)cc1)C(=O)O. The fourth-order valence-corrected chi connectivity index (χ4v) is 1.88. The molecule has 0 aliphatic rings. The molecule has 0 saturated carbocycles. The first-order valence-electron chi connectivity index (χ1n) is 6.75. The lowest BCUT2D eigenvalue weighted by atomic mass is 9.86. The van der Waals surface area contributed by atoms with E-state index in [4.69, 9.17) is 4.74 Å². The second-order valence-electron chi connectivity index (χ2n) is 6.35. The Morgan fingerprint density at radius 1 is 1.14 bits per heavy atom. The van der Waals surface area contributed by atoms with E-state index < -0.39 is 17.4 Å². The summed E-state index contributed by atoms with van der Waals surface area (Å²) in [7, 11) is 1.39. The van der Waals surface area contributed by atoms with Crippen molar-refractivity contribution in [1.82, 2.24) is 5.32 Å². The highest BCUT2D eigenvalue weighted by Gasteiger charge is 2.35. The van der Waals surface area contributed by atoms with Crippen LogP contribution in [0.1, 0.15) is 43.6 Å². The summed E-state index contributed by atoms with van der Waals surface area (Å²) >= 11 is 0. The van der Waals surface area contributed by atoms with E-state index in [2.05, 4.69) is 26.1 Å². The second kappa shape index (κ2) is 6.26. The van der Waals surface area contributed by atoms with Gasteiger partial charge < -0.3 is 15.2 Å². The largest absolute Gasteiger partial charge is 0.479 e. The number of nitrogens with one attached hydrogen (secondary N) is 1. The highest BCUT2D eigenvalue weighted by molar-refractivity contribution is 5.97. The minimum absolute atomic E-state index is 0.000631. The third kappa shape index (κ3) is 4.29. The second-order valence-corrected chi connectivity index (χ2v) is 6.35. The molecule has 0 spiro atoms. The maximum atomic E-state index is 12.2. The molecule has 1 amide bonds. The number of methoxy groups -OCH3 is 1. The Kier molecular flexibility index (Phi) is 5.12. The first-order chi connectivity index (χ1) is 9.60. The predicted octanol–water partition coefficient (Wildman–Crippen LogP) is 2.20. The lowest BCUT2D eigenvalue weighted by Crippen LogP contribution is -2.55. The maximum Gasteiger partial charge on any atom is 0.331 e.